The number of esters is 1. The van der Waals surface area contributed by atoms with E-state index in [0.717, 1.165) is 28.9 Å². The number of benzene rings is 3. The minimum absolute atomic E-state index is 0.0652. The Morgan fingerprint density at radius 2 is 1.41 bits per heavy atom. The molecule has 1 heterocycles. The number of hydrogen-bond acceptors (Lipinski definition) is 7. The standard InChI is InChI=1S/C30H34O7/c1-32-24-7-5-6-20(15-24)12-13-36-27-11-9-22(18-29(27)35-4)16-25-23(19-37-30(25)31)14-21-8-10-26(33-2)28(17-21)34-3/h5-11,15,17-18,23,25H,12-14,16,19H2,1-4H3/t23-,25+/m0/s1. The van der Waals surface area contributed by atoms with Crippen LogP contribution in [0.3, 0.4) is 0 Å². The van der Waals surface area contributed by atoms with Crippen LogP contribution in [0, 0.1) is 11.8 Å². The smallest absolute Gasteiger partial charge is 0.309 e. The molecule has 0 spiro atoms. The summed E-state index contributed by atoms with van der Waals surface area (Å²) in [5.74, 6) is 3.16. The molecule has 0 aromatic heterocycles. The molecule has 1 fully saturated rings. The summed E-state index contributed by atoms with van der Waals surface area (Å²) in [6.45, 7) is 0.908. The summed E-state index contributed by atoms with van der Waals surface area (Å²) < 4.78 is 33.1. The number of carbonyl (C=O) groups excluding carboxylic acids is 1. The third kappa shape index (κ3) is 6.47. The molecule has 1 aliphatic rings. The molecule has 7 heteroatoms. The maximum Gasteiger partial charge on any atom is 0.309 e. The van der Waals surface area contributed by atoms with E-state index < -0.39 is 0 Å². The first kappa shape index (κ1) is 26.2. The van der Waals surface area contributed by atoms with Gasteiger partial charge in [0.1, 0.15) is 5.75 Å². The van der Waals surface area contributed by atoms with E-state index in [1.54, 1.807) is 28.4 Å². The minimum atomic E-state index is -0.238. The molecule has 1 saturated heterocycles. The summed E-state index contributed by atoms with van der Waals surface area (Å²) in [5.41, 5.74) is 3.21. The van der Waals surface area contributed by atoms with Crippen molar-refractivity contribution in [1.29, 1.82) is 0 Å². The Bertz CT molecular complexity index is 1210. The highest BCUT2D eigenvalue weighted by atomic mass is 16.5. The van der Waals surface area contributed by atoms with Gasteiger partial charge in [-0.3, -0.25) is 4.79 Å². The van der Waals surface area contributed by atoms with Crippen LogP contribution in [0.15, 0.2) is 60.7 Å². The van der Waals surface area contributed by atoms with E-state index in [2.05, 4.69) is 0 Å². The Morgan fingerprint density at radius 3 is 2.11 bits per heavy atom. The topological polar surface area (TPSA) is 72.5 Å². The molecule has 0 bridgehead atoms. The van der Waals surface area contributed by atoms with E-state index in [0.29, 0.717) is 49.1 Å². The molecule has 196 valence electrons. The van der Waals surface area contributed by atoms with E-state index in [-0.39, 0.29) is 17.8 Å². The maximum atomic E-state index is 12.6. The third-order valence-corrected chi connectivity index (χ3v) is 6.72. The van der Waals surface area contributed by atoms with E-state index in [9.17, 15) is 4.79 Å². The third-order valence-electron chi connectivity index (χ3n) is 6.72. The molecule has 0 radical (unpaired) electrons. The van der Waals surface area contributed by atoms with Crippen molar-refractivity contribution in [3.05, 3.63) is 77.4 Å². The lowest BCUT2D eigenvalue weighted by Crippen LogP contribution is -2.20. The van der Waals surface area contributed by atoms with Crippen molar-refractivity contribution >= 4 is 5.97 Å². The van der Waals surface area contributed by atoms with Crippen molar-refractivity contribution in [3.63, 3.8) is 0 Å². The molecule has 3 aromatic rings. The van der Waals surface area contributed by atoms with Gasteiger partial charge in [0, 0.05) is 12.3 Å². The van der Waals surface area contributed by atoms with Crippen LogP contribution in [0.5, 0.6) is 28.7 Å². The fourth-order valence-corrected chi connectivity index (χ4v) is 4.69. The fraction of sp³-hybridized carbons (Fsp3) is 0.367. The molecular formula is C30H34O7. The number of hydrogen-bond donors (Lipinski definition) is 0. The van der Waals surface area contributed by atoms with E-state index in [1.807, 2.05) is 60.7 Å². The van der Waals surface area contributed by atoms with E-state index >= 15 is 0 Å². The van der Waals surface area contributed by atoms with Crippen molar-refractivity contribution in [2.24, 2.45) is 11.8 Å². The number of carbonyl (C=O) groups is 1. The zero-order chi connectivity index (χ0) is 26.2. The summed E-state index contributed by atoms with van der Waals surface area (Å²) in [7, 11) is 6.51. The molecule has 2 atom stereocenters. The van der Waals surface area contributed by atoms with E-state index in [4.69, 9.17) is 28.4 Å². The Morgan fingerprint density at radius 1 is 0.730 bits per heavy atom. The Balaban J connectivity index is 1.40. The van der Waals surface area contributed by atoms with Gasteiger partial charge in [0.2, 0.25) is 0 Å². The summed E-state index contributed by atoms with van der Waals surface area (Å²) in [4.78, 5) is 12.6. The zero-order valence-corrected chi connectivity index (χ0v) is 21.8. The van der Waals surface area contributed by atoms with Crippen LogP contribution < -0.4 is 23.7 Å². The molecule has 4 rings (SSSR count). The molecule has 0 N–H and O–H groups in total. The molecule has 7 nitrogen and oxygen atoms in total. The van der Waals surface area contributed by atoms with Crippen LogP contribution >= 0.6 is 0 Å². The first-order chi connectivity index (χ1) is 18.0. The second-order valence-electron chi connectivity index (χ2n) is 9.03. The van der Waals surface area contributed by atoms with Gasteiger partial charge in [-0.2, -0.15) is 0 Å². The molecule has 37 heavy (non-hydrogen) atoms. The number of rotatable bonds is 12. The van der Waals surface area contributed by atoms with Gasteiger partial charge in [0.25, 0.3) is 0 Å². The van der Waals surface area contributed by atoms with Crippen molar-refractivity contribution in [3.8, 4) is 28.7 Å². The predicted molar refractivity (Wildman–Crippen MR) is 140 cm³/mol. The highest BCUT2D eigenvalue weighted by molar-refractivity contribution is 5.75. The molecule has 0 saturated carbocycles. The normalized spacial score (nSPS) is 16.7. The quantitative estimate of drug-likeness (QED) is 0.323. The van der Waals surface area contributed by atoms with Gasteiger partial charge in [-0.05, 0) is 65.9 Å². The first-order valence-corrected chi connectivity index (χ1v) is 12.3. The molecule has 0 aliphatic carbocycles. The second-order valence-corrected chi connectivity index (χ2v) is 9.03. The highest BCUT2D eigenvalue weighted by Crippen LogP contribution is 2.35. The van der Waals surface area contributed by atoms with Crippen molar-refractivity contribution in [2.75, 3.05) is 41.7 Å². The lowest BCUT2D eigenvalue weighted by molar-refractivity contribution is -0.141. The van der Waals surface area contributed by atoms with Crippen LogP contribution in [0.25, 0.3) is 0 Å². The zero-order valence-electron chi connectivity index (χ0n) is 21.8. The Labute approximate surface area is 218 Å². The van der Waals surface area contributed by atoms with Gasteiger partial charge in [-0.15, -0.1) is 0 Å². The van der Waals surface area contributed by atoms with E-state index in [1.165, 1.54) is 0 Å². The minimum Gasteiger partial charge on any atom is -0.497 e. The number of ether oxygens (including phenoxy) is 6. The predicted octanol–water partition coefficient (Wildman–Crippen LogP) is 4.92. The van der Waals surface area contributed by atoms with Crippen LogP contribution in [0.4, 0.5) is 0 Å². The second kappa shape index (κ2) is 12.4. The first-order valence-electron chi connectivity index (χ1n) is 12.3. The number of cyclic esters (lactones) is 1. The van der Waals surface area contributed by atoms with Crippen LogP contribution in [-0.4, -0.2) is 47.6 Å². The van der Waals surface area contributed by atoms with Gasteiger partial charge in [0.05, 0.1) is 47.6 Å². The van der Waals surface area contributed by atoms with Gasteiger partial charge >= 0.3 is 5.97 Å². The Kier molecular flexibility index (Phi) is 8.77. The average molecular weight is 507 g/mol. The average Bonchev–Trinajstić information content (AvgIpc) is 3.27. The summed E-state index contributed by atoms with van der Waals surface area (Å²) >= 11 is 0. The fourth-order valence-electron chi connectivity index (χ4n) is 4.69. The lowest BCUT2D eigenvalue weighted by Gasteiger charge is -2.18. The summed E-state index contributed by atoms with van der Waals surface area (Å²) in [6, 6.07) is 19.6. The van der Waals surface area contributed by atoms with Gasteiger partial charge in [-0.1, -0.05) is 24.3 Å². The van der Waals surface area contributed by atoms with Gasteiger partial charge in [0.15, 0.2) is 23.0 Å². The van der Waals surface area contributed by atoms with Gasteiger partial charge in [-0.25, -0.2) is 0 Å². The van der Waals surface area contributed by atoms with Gasteiger partial charge < -0.3 is 28.4 Å². The molecular weight excluding hydrogens is 472 g/mol. The van der Waals surface area contributed by atoms with Crippen molar-refractivity contribution in [2.45, 2.75) is 19.3 Å². The molecule has 1 aliphatic heterocycles. The van der Waals surface area contributed by atoms with Crippen molar-refractivity contribution < 1.29 is 33.2 Å². The Hall–Kier alpha value is -3.87. The molecule has 3 aromatic carbocycles. The SMILES string of the molecule is COc1cccc(CCOc2ccc(C[C@H]3C(=O)OC[C@@H]3Cc3ccc(OC)c(OC)c3)cc2OC)c1. The summed E-state index contributed by atoms with van der Waals surface area (Å²) in [5, 5.41) is 0. The largest absolute Gasteiger partial charge is 0.497 e. The number of methoxy groups -OCH3 is 4. The van der Waals surface area contributed by atoms with Crippen LogP contribution in [0.2, 0.25) is 0 Å². The molecule has 0 unspecified atom stereocenters. The highest BCUT2D eigenvalue weighted by Gasteiger charge is 2.37. The summed E-state index contributed by atoms with van der Waals surface area (Å²) in [6.07, 6.45) is 2.02. The van der Waals surface area contributed by atoms with Crippen molar-refractivity contribution in [1.82, 2.24) is 0 Å². The maximum absolute atomic E-state index is 12.6. The monoisotopic (exact) mass is 506 g/mol. The molecule has 0 amide bonds. The van der Waals surface area contributed by atoms with Crippen LogP contribution in [0.1, 0.15) is 16.7 Å². The lowest BCUT2D eigenvalue weighted by atomic mass is 9.85. The van der Waals surface area contributed by atoms with Crippen LogP contribution in [-0.2, 0) is 28.8 Å².